The molecule has 0 unspecified atom stereocenters. The summed E-state index contributed by atoms with van der Waals surface area (Å²) in [4.78, 5) is 0. The van der Waals surface area contributed by atoms with E-state index < -0.39 is 18.8 Å². The number of rotatable bonds is 9. The lowest BCUT2D eigenvalue weighted by molar-refractivity contribution is -0.132. The summed E-state index contributed by atoms with van der Waals surface area (Å²) in [5, 5.41) is 0. The molecule has 0 atom stereocenters. The van der Waals surface area contributed by atoms with Gasteiger partial charge in [-0.25, -0.2) is 17.6 Å². The topological polar surface area (TPSA) is 0 Å². The zero-order valence-corrected chi connectivity index (χ0v) is 11.1. The van der Waals surface area contributed by atoms with Crippen LogP contribution >= 0.6 is 0 Å². The van der Waals surface area contributed by atoms with Crippen LogP contribution in [-0.4, -0.2) is 12.3 Å². The Labute approximate surface area is 107 Å². The minimum atomic E-state index is -3.89. The summed E-state index contributed by atoms with van der Waals surface area (Å²) in [5.41, 5.74) is 1.78. The standard InChI is InChI=1S/C14H22F4/c1-4-7-11(6-3)12(8-5-2)9-10-14(17,18)13(15)16/h6,13H,3-5,7-10H2,1-2H3/b12-11+. The van der Waals surface area contributed by atoms with Gasteiger partial charge in [0.1, 0.15) is 0 Å². The molecule has 0 radical (unpaired) electrons. The van der Waals surface area contributed by atoms with Crippen molar-refractivity contribution in [2.24, 2.45) is 0 Å². The molecular formula is C14H22F4. The fraction of sp³-hybridized carbons (Fsp3) is 0.714. The molecule has 106 valence electrons. The van der Waals surface area contributed by atoms with Crippen LogP contribution in [0, 0.1) is 0 Å². The average Bonchev–Trinajstić information content (AvgIpc) is 2.31. The SMILES string of the molecule is C=C/C(CCC)=C(/CCC)CCC(F)(F)C(F)F. The Morgan fingerprint density at radius 3 is 2.06 bits per heavy atom. The van der Waals surface area contributed by atoms with Gasteiger partial charge < -0.3 is 0 Å². The van der Waals surface area contributed by atoms with Gasteiger partial charge in [0.05, 0.1) is 0 Å². The summed E-state index contributed by atoms with van der Waals surface area (Å²) in [6.07, 6.45) is 0.442. The molecule has 0 aliphatic carbocycles. The molecule has 0 aromatic rings. The molecule has 0 N–H and O–H groups in total. The fourth-order valence-electron chi connectivity index (χ4n) is 1.87. The molecule has 0 heterocycles. The van der Waals surface area contributed by atoms with Gasteiger partial charge in [-0.3, -0.25) is 0 Å². The van der Waals surface area contributed by atoms with Crippen LogP contribution in [0.15, 0.2) is 23.8 Å². The van der Waals surface area contributed by atoms with Crippen LogP contribution in [-0.2, 0) is 0 Å². The van der Waals surface area contributed by atoms with Crippen molar-refractivity contribution in [3.05, 3.63) is 23.8 Å². The molecular weight excluding hydrogens is 244 g/mol. The van der Waals surface area contributed by atoms with Crippen LogP contribution in [0.5, 0.6) is 0 Å². The van der Waals surface area contributed by atoms with E-state index in [1.165, 1.54) is 0 Å². The molecule has 0 spiro atoms. The van der Waals surface area contributed by atoms with E-state index in [1.807, 2.05) is 13.8 Å². The molecule has 0 saturated carbocycles. The number of hydrogen-bond acceptors (Lipinski definition) is 0. The van der Waals surface area contributed by atoms with Crippen LogP contribution in [0.2, 0.25) is 0 Å². The molecule has 0 nitrogen and oxygen atoms in total. The van der Waals surface area contributed by atoms with E-state index in [1.54, 1.807) is 6.08 Å². The summed E-state index contributed by atoms with van der Waals surface area (Å²) in [6.45, 7) is 7.60. The van der Waals surface area contributed by atoms with Gasteiger partial charge in [-0.15, -0.1) is 0 Å². The second-order valence-corrected chi connectivity index (χ2v) is 4.39. The lowest BCUT2D eigenvalue weighted by Gasteiger charge is -2.18. The minimum absolute atomic E-state index is 0.0204. The number of alkyl halides is 4. The summed E-state index contributed by atoms with van der Waals surface area (Å²) in [5.74, 6) is -3.89. The van der Waals surface area contributed by atoms with Crippen molar-refractivity contribution in [3.63, 3.8) is 0 Å². The first-order valence-electron chi connectivity index (χ1n) is 6.38. The highest BCUT2D eigenvalue weighted by Crippen LogP contribution is 2.32. The second-order valence-electron chi connectivity index (χ2n) is 4.39. The smallest absolute Gasteiger partial charge is 0.204 e. The summed E-state index contributed by atoms with van der Waals surface area (Å²) < 4.78 is 50.0. The monoisotopic (exact) mass is 266 g/mol. The predicted molar refractivity (Wildman–Crippen MR) is 67.2 cm³/mol. The summed E-state index contributed by atoms with van der Waals surface area (Å²) in [6, 6.07) is 0. The number of hydrogen-bond donors (Lipinski definition) is 0. The van der Waals surface area contributed by atoms with Gasteiger partial charge in [0.15, 0.2) is 0 Å². The van der Waals surface area contributed by atoms with Gasteiger partial charge in [-0.1, -0.05) is 44.9 Å². The van der Waals surface area contributed by atoms with Crippen LogP contribution in [0.4, 0.5) is 17.6 Å². The van der Waals surface area contributed by atoms with E-state index in [4.69, 9.17) is 0 Å². The highest BCUT2D eigenvalue weighted by Gasteiger charge is 2.40. The number of allylic oxidation sites excluding steroid dienone is 3. The lowest BCUT2D eigenvalue weighted by Crippen LogP contribution is -2.26. The fourth-order valence-corrected chi connectivity index (χ4v) is 1.87. The van der Waals surface area contributed by atoms with Crippen molar-refractivity contribution in [1.29, 1.82) is 0 Å². The van der Waals surface area contributed by atoms with Gasteiger partial charge in [-0.05, 0) is 24.8 Å². The Bertz CT molecular complexity index is 280. The molecule has 4 heteroatoms. The third kappa shape index (κ3) is 5.69. The Morgan fingerprint density at radius 2 is 1.67 bits per heavy atom. The van der Waals surface area contributed by atoms with Gasteiger partial charge in [0, 0.05) is 6.42 Å². The molecule has 0 rings (SSSR count). The summed E-state index contributed by atoms with van der Waals surface area (Å²) in [7, 11) is 0. The highest BCUT2D eigenvalue weighted by molar-refractivity contribution is 5.24. The third-order valence-corrected chi connectivity index (χ3v) is 2.85. The molecule has 18 heavy (non-hydrogen) atoms. The Balaban J connectivity index is 4.77. The Kier molecular flexibility index (Phi) is 7.96. The normalized spacial score (nSPS) is 13.7. The maximum absolute atomic E-state index is 12.9. The van der Waals surface area contributed by atoms with Crippen molar-refractivity contribution >= 4 is 0 Å². The molecule has 0 saturated heterocycles. The molecule has 0 aromatic heterocycles. The van der Waals surface area contributed by atoms with E-state index in [9.17, 15) is 17.6 Å². The molecule has 0 aliphatic rings. The number of halogens is 4. The maximum Gasteiger partial charge on any atom is 0.307 e. The summed E-state index contributed by atoms with van der Waals surface area (Å²) >= 11 is 0. The van der Waals surface area contributed by atoms with Crippen molar-refractivity contribution < 1.29 is 17.6 Å². The molecule has 0 aliphatic heterocycles. The molecule has 0 amide bonds. The van der Waals surface area contributed by atoms with Gasteiger partial charge >= 0.3 is 12.3 Å². The molecule has 0 aromatic carbocycles. The first-order chi connectivity index (χ1) is 8.38. The zero-order chi connectivity index (χ0) is 14.2. The predicted octanol–water partition coefficient (Wildman–Crippen LogP) is 5.75. The first kappa shape index (κ1) is 17.2. The van der Waals surface area contributed by atoms with E-state index in [-0.39, 0.29) is 6.42 Å². The Hall–Kier alpha value is -0.800. The van der Waals surface area contributed by atoms with E-state index in [0.29, 0.717) is 6.42 Å². The largest absolute Gasteiger partial charge is 0.307 e. The van der Waals surface area contributed by atoms with E-state index >= 15 is 0 Å². The van der Waals surface area contributed by atoms with Crippen molar-refractivity contribution in [2.75, 3.05) is 0 Å². The van der Waals surface area contributed by atoms with Crippen molar-refractivity contribution in [2.45, 2.75) is 64.7 Å². The quantitative estimate of drug-likeness (QED) is 0.368. The second kappa shape index (κ2) is 8.33. The minimum Gasteiger partial charge on any atom is -0.204 e. The van der Waals surface area contributed by atoms with Gasteiger partial charge in [0.2, 0.25) is 0 Å². The van der Waals surface area contributed by atoms with Crippen LogP contribution in [0.1, 0.15) is 52.4 Å². The van der Waals surface area contributed by atoms with Gasteiger partial charge in [-0.2, -0.15) is 0 Å². The van der Waals surface area contributed by atoms with Crippen LogP contribution in [0.3, 0.4) is 0 Å². The van der Waals surface area contributed by atoms with Gasteiger partial charge in [0.25, 0.3) is 0 Å². The molecule has 0 fully saturated rings. The van der Waals surface area contributed by atoms with Crippen molar-refractivity contribution in [3.8, 4) is 0 Å². The molecule has 0 bridgehead atoms. The highest BCUT2D eigenvalue weighted by atomic mass is 19.3. The first-order valence-corrected chi connectivity index (χ1v) is 6.38. The maximum atomic E-state index is 12.9. The van der Waals surface area contributed by atoms with Crippen molar-refractivity contribution in [1.82, 2.24) is 0 Å². The van der Waals surface area contributed by atoms with Crippen LogP contribution in [0.25, 0.3) is 0 Å². The lowest BCUT2D eigenvalue weighted by atomic mass is 9.94. The zero-order valence-electron chi connectivity index (χ0n) is 11.1. The van der Waals surface area contributed by atoms with E-state index in [0.717, 1.165) is 30.4 Å². The third-order valence-electron chi connectivity index (χ3n) is 2.85. The average molecular weight is 266 g/mol. The van der Waals surface area contributed by atoms with Crippen LogP contribution < -0.4 is 0 Å². The Morgan fingerprint density at radius 1 is 1.11 bits per heavy atom. The van der Waals surface area contributed by atoms with E-state index in [2.05, 4.69) is 6.58 Å².